The van der Waals surface area contributed by atoms with Crippen molar-refractivity contribution in [3.8, 4) is 0 Å². The summed E-state index contributed by atoms with van der Waals surface area (Å²) in [5, 5.41) is 17.3. The number of hydrogen-bond donors (Lipinski definition) is 4. The number of carboxylic acid groups (broad SMARTS) is 1. The van der Waals surface area contributed by atoms with Crippen LogP contribution in [0.5, 0.6) is 0 Å². The fourth-order valence-electron chi connectivity index (χ4n) is 1.17. The van der Waals surface area contributed by atoms with Crippen LogP contribution in [0.4, 0.5) is 0 Å². The van der Waals surface area contributed by atoms with Crippen LogP contribution in [0.3, 0.4) is 0 Å². The second-order valence-electron chi connectivity index (χ2n) is 2.62. The molecule has 0 aromatic heterocycles. The number of aliphatic carboxylic acids is 1. The van der Waals surface area contributed by atoms with Crippen molar-refractivity contribution in [2.45, 2.75) is 18.6 Å². The van der Waals surface area contributed by atoms with Crippen LogP contribution in [0.15, 0.2) is 0 Å². The zero-order chi connectivity index (χ0) is 9.78. The van der Waals surface area contributed by atoms with Crippen LogP contribution in [-0.2, 0) is 4.79 Å². The van der Waals surface area contributed by atoms with Crippen molar-refractivity contribution in [1.82, 2.24) is 16.0 Å². The van der Waals surface area contributed by atoms with Crippen LogP contribution < -0.4 is 16.0 Å². The van der Waals surface area contributed by atoms with Crippen LogP contribution >= 0.6 is 24.8 Å². The Hall–Kier alpha value is -0.0700. The minimum atomic E-state index is -1.10. The van der Waals surface area contributed by atoms with Crippen LogP contribution in [0.1, 0.15) is 6.92 Å². The quantitative estimate of drug-likeness (QED) is 0.501. The summed E-state index contributed by atoms with van der Waals surface area (Å²) in [5.41, 5.74) is -1.10. The molecule has 0 saturated heterocycles. The molecule has 0 heterocycles. The standard InChI is InChI=1S/C7H17N3O2.2ClH/c1-5(8-2)7(9-3,10-4)6(11)12;;/h5,8-10H,1-4H3,(H,11,12);2*1H. The molecule has 0 saturated carbocycles. The van der Waals surface area contributed by atoms with E-state index in [-0.39, 0.29) is 30.9 Å². The van der Waals surface area contributed by atoms with Crippen LogP contribution in [0.2, 0.25) is 0 Å². The molecular formula is C7H19Cl2N3O2. The first-order valence-corrected chi connectivity index (χ1v) is 3.83. The van der Waals surface area contributed by atoms with Crippen molar-refractivity contribution in [3.63, 3.8) is 0 Å². The second kappa shape index (κ2) is 8.26. The Kier molecular flexibility index (Phi) is 11.5. The maximum absolute atomic E-state index is 10.9. The fourth-order valence-corrected chi connectivity index (χ4v) is 1.17. The van der Waals surface area contributed by atoms with Gasteiger partial charge in [-0.2, -0.15) is 0 Å². The number of carbonyl (C=O) groups is 1. The highest BCUT2D eigenvalue weighted by molar-refractivity contribution is 5.85. The highest BCUT2D eigenvalue weighted by atomic mass is 35.5. The molecule has 88 valence electrons. The highest BCUT2D eigenvalue weighted by Crippen LogP contribution is 2.05. The van der Waals surface area contributed by atoms with Crippen molar-refractivity contribution >= 4 is 30.8 Å². The summed E-state index contributed by atoms with van der Waals surface area (Å²) in [7, 11) is 4.94. The van der Waals surface area contributed by atoms with E-state index in [0.29, 0.717) is 0 Å². The fraction of sp³-hybridized carbons (Fsp3) is 0.857. The summed E-state index contributed by atoms with van der Waals surface area (Å²) in [6.07, 6.45) is 0. The van der Waals surface area contributed by atoms with Gasteiger partial charge in [-0.15, -0.1) is 24.8 Å². The predicted molar refractivity (Wildman–Crippen MR) is 61.5 cm³/mol. The molecule has 0 aromatic rings. The molecule has 0 aromatic carbocycles. The third kappa shape index (κ3) is 3.59. The molecule has 1 unspecified atom stereocenters. The Morgan fingerprint density at radius 2 is 1.57 bits per heavy atom. The van der Waals surface area contributed by atoms with E-state index < -0.39 is 11.6 Å². The van der Waals surface area contributed by atoms with Gasteiger partial charge in [0, 0.05) is 6.04 Å². The van der Waals surface area contributed by atoms with Crippen LogP contribution in [-0.4, -0.2) is 43.9 Å². The summed E-state index contributed by atoms with van der Waals surface area (Å²) >= 11 is 0. The summed E-state index contributed by atoms with van der Waals surface area (Å²) in [4.78, 5) is 10.9. The minimum Gasteiger partial charge on any atom is -0.479 e. The molecule has 4 N–H and O–H groups in total. The summed E-state index contributed by atoms with van der Waals surface area (Å²) in [6, 6.07) is -0.204. The first-order chi connectivity index (χ1) is 5.55. The molecule has 0 aliphatic rings. The van der Waals surface area contributed by atoms with E-state index in [1.165, 1.54) is 0 Å². The van der Waals surface area contributed by atoms with Gasteiger partial charge in [-0.3, -0.25) is 10.6 Å². The molecule has 0 spiro atoms. The molecule has 0 amide bonds. The van der Waals surface area contributed by atoms with Crippen molar-refractivity contribution in [2.75, 3.05) is 21.1 Å². The van der Waals surface area contributed by atoms with Crippen molar-refractivity contribution in [2.24, 2.45) is 0 Å². The molecule has 5 nitrogen and oxygen atoms in total. The average molecular weight is 248 g/mol. The smallest absolute Gasteiger partial charge is 0.340 e. The van der Waals surface area contributed by atoms with Gasteiger partial charge in [-0.25, -0.2) is 4.79 Å². The van der Waals surface area contributed by atoms with Crippen LogP contribution in [0.25, 0.3) is 0 Å². The van der Waals surface area contributed by atoms with Gasteiger partial charge in [0.1, 0.15) is 0 Å². The zero-order valence-corrected chi connectivity index (χ0v) is 10.4. The first kappa shape index (κ1) is 19.5. The van der Waals surface area contributed by atoms with E-state index >= 15 is 0 Å². The van der Waals surface area contributed by atoms with Crippen molar-refractivity contribution < 1.29 is 9.90 Å². The van der Waals surface area contributed by atoms with E-state index in [4.69, 9.17) is 5.11 Å². The molecule has 0 radical (unpaired) electrons. The maximum atomic E-state index is 10.9. The van der Waals surface area contributed by atoms with Gasteiger partial charge in [0.25, 0.3) is 0 Å². The third-order valence-corrected chi connectivity index (χ3v) is 2.21. The van der Waals surface area contributed by atoms with E-state index in [9.17, 15) is 4.79 Å². The minimum absolute atomic E-state index is 0. The number of hydrogen-bond acceptors (Lipinski definition) is 4. The Morgan fingerprint density at radius 3 is 1.64 bits per heavy atom. The summed E-state index contributed by atoms with van der Waals surface area (Å²) < 4.78 is 0. The largest absolute Gasteiger partial charge is 0.479 e. The summed E-state index contributed by atoms with van der Waals surface area (Å²) in [6.45, 7) is 1.79. The molecule has 7 heteroatoms. The monoisotopic (exact) mass is 247 g/mol. The molecule has 0 aliphatic heterocycles. The Labute approximate surface area is 96.8 Å². The van der Waals surface area contributed by atoms with Gasteiger partial charge in [-0.05, 0) is 28.1 Å². The number of carboxylic acids is 1. The molecule has 14 heavy (non-hydrogen) atoms. The van der Waals surface area contributed by atoms with Crippen LogP contribution in [0, 0.1) is 0 Å². The second-order valence-corrected chi connectivity index (χ2v) is 2.62. The molecule has 1 atom stereocenters. The maximum Gasteiger partial charge on any atom is 0.340 e. The van der Waals surface area contributed by atoms with E-state index in [0.717, 1.165) is 0 Å². The lowest BCUT2D eigenvalue weighted by molar-refractivity contribution is -0.147. The Morgan fingerprint density at radius 1 is 1.21 bits per heavy atom. The average Bonchev–Trinajstić information content (AvgIpc) is 2.06. The van der Waals surface area contributed by atoms with Crippen molar-refractivity contribution in [1.29, 1.82) is 0 Å². The lowest BCUT2D eigenvalue weighted by Crippen LogP contribution is -2.69. The first-order valence-electron chi connectivity index (χ1n) is 3.83. The molecule has 0 aliphatic carbocycles. The van der Waals surface area contributed by atoms with Gasteiger partial charge >= 0.3 is 5.97 Å². The Balaban J connectivity index is -0.000000605. The number of likely N-dealkylation sites (N-methyl/N-ethyl adjacent to an activating group) is 3. The van der Waals surface area contributed by atoms with Gasteiger partial charge < -0.3 is 10.4 Å². The van der Waals surface area contributed by atoms with Gasteiger partial charge in [0.15, 0.2) is 5.66 Å². The number of halogens is 2. The molecule has 0 fully saturated rings. The van der Waals surface area contributed by atoms with E-state index in [1.807, 2.05) is 0 Å². The number of rotatable bonds is 5. The normalized spacial score (nSPS) is 12.3. The van der Waals surface area contributed by atoms with Crippen molar-refractivity contribution in [3.05, 3.63) is 0 Å². The lowest BCUT2D eigenvalue weighted by Gasteiger charge is -2.34. The molecule has 0 bridgehead atoms. The SMILES string of the molecule is CNC(C)C(NC)(NC)C(=O)O.Cl.Cl. The van der Waals surface area contributed by atoms with Gasteiger partial charge in [-0.1, -0.05) is 0 Å². The lowest BCUT2D eigenvalue weighted by atomic mass is 10.0. The van der Waals surface area contributed by atoms with E-state index in [2.05, 4.69) is 16.0 Å². The molecular weight excluding hydrogens is 229 g/mol. The number of nitrogens with one attached hydrogen (secondary N) is 3. The predicted octanol–water partition coefficient (Wildman–Crippen LogP) is -0.342. The molecule has 0 rings (SSSR count). The summed E-state index contributed by atoms with van der Waals surface area (Å²) in [5.74, 6) is -0.922. The zero-order valence-electron chi connectivity index (χ0n) is 8.75. The van der Waals surface area contributed by atoms with E-state index in [1.54, 1.807) is 28.1 Å². The van der Waals surface area contributed by atoms with Gasteiger partial charge in [0.2, 0.25) is 0 Å². The Bertz CT molecular complexity index is 165. The third-order valence-electron chi connectivity index (χ3n) is 2.21. The van der Waals surface area contributed by atoms with Gasteiger partial charge in [0.05, 0.1) is 0 Å². The highest BCUT2D eigenvalue weighted by Gasteiger charge is 2.40. The topological polar surface area (TPSA) is 73.4 Å².